The number of halogens is 1. The molecule has 1 rings (SSSR count). The second-order valence-corrected chi connectivity index (χ2v) is 5.56. The SMILES string of the molecule is COc1ccc(C)cc1C(=O)NC(CI)C(C)C. The fourth-order valence-electron chi connectivity index (χ4n) is 1.63. The normalized spacial score (nSPS) is 12.3. The molecule has 0 heterocycles. The van der Waals surface area contributed by atoms with E-state index in [2.05, 4.69) is 41.8 Å². The molecule has 1 aromatic carbocycles. The Balaban J connectivity index is 2.92. The number of ether oxygens (including phenoxy) is 1. The number of methoxy groups -OCH3 is 1. The summed E-state index contributed by atoms with van der Waals surface area (Å²) in [6, 6.07) is 5.81. The Labute approximate surface area is 122 Å². The van der Waals surface area contributed by atoms with Crippen LogP contribution in [0, 0.1) is 12.8 Å². The van der Waals surface area contributed by atoms with Crippen molar-refractivity contribution in [2.24, 2.45) is 5.92 Å². The van der Waals surface area contributed by atoms with Crippen LogP contribution in [-0.2, 0) is 0 Å². The average Bonchev–Trinajstić information content (AvgIpc) is 2.35. The number of amides is 1. The minimum absolute atomic E-state index is 0.0640. The molecule has 3 nitrogen and oxygen atoms in total. The molecular weight excluding hydrogens is 341 g/mol. The number of nitrogens with one attached hydrogen (secondary N) is 1. The Morgan fingerprint density at radius 2 is 2.11 bits per heavy atom. The monoisotopic (exact) mass is 361 g/mol. The quantitative estimate of drug-likeness (QED) is 0.646. The summed E-state index contributed by atoms with van der Waals surface area (Å²) in [5, 5.41) is 3.06. The van der Waals surface area contributed by atoms with Gasteiger partial charge in [-0.3, -0.25) is 4.79 Å². The van der Waals surface area contributed by atoms with E-state index in [0.717, 1.165) is 9.99 Å². The van der Waals surface area contributed by atoms with Crippen LogP contribution in [0.15, 0.2) is 18.2 Å². The molecule has 0 fully saturated rings. The van der Waals surface area contributed by atoms with Gasteiger partial charge >= 0.3 is 0 Å². The third kappa shape index (κ3) is 3.86. The first-order chi connectivity index (χ1) is 8.49. The van der Waals surface area contributed by atoms with E-state index >= 15 is 0 Å². The van der Waals surface area contributed by atoms with Gasteiger partial charge in [-0.15, -0.1) is 0 Å². The van der Waals surface area contributed by atoms with E-state index in [1.54, 1.807) is 7.11 Å². The van der Waals surface area contributed by atoms with Crippen molar-refractivity contribution in [1.82, 2.24) is 5.32 Å². The van der Waals surface area contributed by atoms with E-state index in [4.69, 9.17) is 4.74 Å². The third-order valence-electron chi connectivity index (χ3n) is 2.89. The smallest absolute Gasteiger partial charge is 0.255 e. The van der Waals surface area contributed by atoms with Crippen molar-refractivity contribution in [1.29, 1.82) is 0 Å². The number of alkyl halides is 1. The molecule has 0 aliphatic rings. The Kier molecular flexibility index (Phi) is 5.91. The molecule has 1 amide bonds. The highest BCUT2D eigenvalue weighted by Crippen LogP contribution is 2.20. The summed E-state index contributed by atoms with van der Waals surface area (Å²) in [6.07, 6.45) is 0. The Hall–Kier alpha value is -0.780. The van der Waals surface area contributed by atoms with Crippen molar-refractivity contribution in [2.75, 3.05) is 11.5 Å². The average molecular weight is 361 g/mol. The molecule has 0 aliphatic carbocycles. The first-order valence-corrected chi connectivity index (χ1v) is 7.53. The van der Waals surface area contributed by atoms with Crippen molar-refractivity contribution in [3.63, 3.8) is 0 Å². The second-order valence-electron chi connectivity index (χ2n) is 4.68. The minimum Gasteiger partial charge on any atom is -0.496 e. The van der Waals surface area contributed by atoms with Crippen molar-refractivity contribution in [3.8, 4) is 5.75 Å². The van der Waals surface area contributed by atoms with Crippen molar-refractivity contribution >= 4 is 28.5 Å². The number of aryl methyl sites for hydroxylation is 1. The lowest BCUT2D eigenvalue weighted by Crippen LogP contribution is -2.39. The maximum absolute atomic E-state index is 12.3. The highest BCUT2D eigenvalue weighted by atomic mass is 127. The minimum atomic E-state index is -0.0640. The van der Waals surface area contributed by atoms with Gasteiger partial charge in [0.15, 0.2) is 0 Å². The zero-order chi connectivity index (χ0) is 13.7. The maximum Gasteiger partial charge on any atom is 0.255 e. The number of hydrogen-bond acceptors (Lipinski definition) is 2. The van der Waals surface area contributed by atoms with Gasteiger partial charge in [-0.1, -0.05) is 48.1 Å². The summed E-state index contributed by atoms with van der Waals surface area (Å²) in [6.45, 7) is 6.18. The zero-order valence-corrected chi connectivity index (χ0v) is 13.4. The van der Waals surface area contributed by atoms with Crippen LogP contribution in [0.4, 0.5) is 0 Å². The molecule has 100 valence electrons. The van der Waals surface area contributed by atoms with E-state index in [1.165, 1.54) is 0 Å². The van der Waals surface area contributed by atoms with Gasteiger partial charge in [0.25, 0.3) is 5.91 Å². The number of rotatable bonds is 5. The first kappa shape index (κ1) is 15.3. The Bertz CT molecular complexity index is 418. The van der Waals surface area contributed by atoms with E-state index in [-0.39, 0.29) is 11.9 Å². The van der Waals surface area contributed by atoms with Gasteiger partial charge in [0, 0.05) is 10.5 Å². The van der Waals surface area contributed by atoms with Gasteiger partial charge in [-0.05, 0) is 25.0 Å². The number of carbonyl (C=O) groups excluding carboxylic acids is 1. The van der Waals surface area contributed by atoms with Crippen LogP contribution in [0.5, 0.6) is 5.75 Å². The fraction of sp³-hybridized carbons (Fsp3) is 0.500. The molecule has 0 bridgehead atoms. The zero-order valence-electron chi connectivity index (χ0n) is 11.3. The van der Waals surface area contributed by atoms with Crippen LogP contribution in [0.3, 0.4) is 0 Å². The lowest BCUT2D eigenvalue weighted by Gasteiger charge is -2.20. The van der Waals surface area contributed by atoms with E-state index in [9.17, 15) is 4.79 Å². The fourth-order valence-corrected chi connectivity index (χ4v) is 2.87. The molecule has 1 unspecified atom stereocenters. The Morgan fingerprint density at radius 3 is 2.61 bits per heavy atom. The van der Waals surface area contributed by atoms with Gasteiger partial charge in [-0.2, -0.15) is 0 Å². The summed E-state index contributed by atoms with van der Waals surface area (Å²) in [4.78, 5) is 12.3. The molecule has 1 atom stereocenters. The van der Waals surface area contributed by atoms with Crippen LogP contribution < -0.4 is 10.1 Å². The third-order valence-corrected chi connectivity index (χ3v) is 3.84. The molecular formula is C14H20INO2. The van der Waals surface area contributed by atoms with Crippen LogP contribution >= 0.6 is 22.6 Å². The van der Waals surface area contributed by atoms with E-state index < -0.39 is 0 Å². The Morgan fingerprint density at radius 1 is 1.44 bits per heavy atom. The van der Waals surface area contributed by atoms with Gasteiger partial charge < -0.3 is 10.1 Å². The second kappa shape index (κ2) is 6.97. The summed E-state index contributed by atoms with van der Waals surface area (Å²) in [5.74, 6) is 0.974. The van der Waals surface area contributed by atoms with Crippen molar-refractivity contribution < 1.29 is 9.53 Å². The molecule has 18 heavy (non-hydrogen) atoms. The van der Waals surface area contributed by atoms with Crippen LogP contribution in [-0.4, -0.2) is 23.5 Å². The molecule has 0 saturated heterocycles. The molecule has 0 aromatic heterocycles. The number of carbonyl (C=O) groups is 1. The first-order valence-electron chi connectivity index (χ1n) is 6.01. The van der Waals surface area contributed by atoms with Gasteiger partial charge in [-0.25, -0.2) is 0 Å². The molecule has 1 aromatic rings. The number of hydrogen-bond donors (Lipinski definition) is 1. The maximum atomic E-state index is 12.3. The predicted molar refractivity (Wildman–Crippen MR) is 82.7 cm³/mol. The highest BCUT2D eigenvalue weighted by molar-refractivity contribution is 14.1. The molecule has 0 radical (unpaired) electrons. The summed E-state index contributed by atoms with van der Waals surface area (Å²) < 4.78 is 6.13. The lowest BCUT2D eigenvalue weighted by atomic mass is 10.0. The van der Waals surface area contributed by atoms with Gasteiger partial charge in [0.2, 0.25) is 0 Å². The lowest BCUT2D eigenvalue weighted by molar-refractivity contribution is 0.0929. The van der Waals surface area contributed by atoms with E-state index in [0.29, 0.717) is 17.2 Å². The molecule has 0 aliphatic heterocycles. The summed E-state index contributed by atoms with van der Waals surface area (Å²) in [7, 11) is 1.58. The van der Waals surface area contributed by atoms with Crippen LogP contribution in [0.25, 0.3) is 0 Å². The standard InChI is InChI=1S/C14H20INO2/c1-9(2)12(8-15)16-14(17)11-7-10(3)5-6-13(11)18-4/h5-7,9,12H,8H2,1-4H3,(H,16,17). The van der Waals surface area contributed by atoms with Crippen molar-refractivity contribution in [2.45, 2.75) is 26.8 Å². The van der Waals surface area contributed by atoms with Crippen LogP contribution in [0.1, 0.15) is 29.8 Å². The molecule has 1 N–H and O–H groups in total. The summed E-state index contributed by atoms with van der Waals surface area (Å²) >= 11 is 2.30. The van der Waals surface area contributed by atoms with Gasteiger partial charge in [0.05, 0.1) is 12.7 Å². The topological polar surface area (TPSA) is 38.3 Å². The summed E-state index contributed by atoms with van der Waals surface area (Å²) in [5.41, 5.74) is 1.66. The van der Waals surface area contributed by atoms with E-state index in [1.807, 2.05) is 25.1 Å². The van der Waals surface area contributed by atoms with Crippen LogP contribution in [0.2, 0.25) is 0 Å². The van der Waals surface area contributed by atoms with Crippen molar-refractivity contribution in [3.05, 3.63) is 29.3 Å². The van der Waals surface area contributed by atoms with Gasteiger partial charge in [0.1, 0.15) is 5.75 Å². The molecule has 0 spiro atoms. The number of benzene rings is 1. The molecule has 4 heteroatoms. The molecule has 0 saturated carbocycles. The predicted octanol–water partition coefficient (Wildman–Crippen LogP) is 3.19. The largest absolute Gasteiger partial charge is 0.496 e. The highest BCUT2D eigenvalue weighted by Gasteiger charge is 2.18.